The summed E-state index contributed by atoms with van der Waals surface area (Å²) in [5.41, 5.74) is 1.17. The third-order valence-electron chi connectivity index (χ3n) is 13.5. The Labute approximate surface area is 258 Å². The molecule has 2 saturated heterocycles. The van der Waals surface area contributed by atoms with Crippen LogP contribution in [0.4, 0.5) is 0 Å². The molecule has 0 unspecified atom stereocenters. The van der Waals surface area contributed by atoms with Crippen LogP contribution in [0.3, 0.4) is 0 Å². The lowest BCUT2D eigenvalue weighted by Gasteiger charge is -2.62. The molecule has 0 radical (unpaired) electrons. The van der Waals surface area contributed by atoms with Gasteiger partial charge in [0.2, 0.25) is 0 Å². The SMILES string of the molecule is COC(=O)[C@H]1C[C@@H]2OC(=O)[C@H]1C=C2[C@H]1CC[C@]2(O)[C@@H]3CCC4=C[C@@H](O[C@@H]5O[C@@H](C)[C@H](O)[C@@H](O)[C@H]5O)CC[C@]4(C)[C@H]3CC[C@]12C. The van der Waals surface area contributed by atoms with Gasteiger partial charge in [-0.1, -0.05) is 31.6 Å². The molecular formula is C34H48O10. The summed E-state index contributed by atoms with van der Waals surface area (Å²) in [6.45, 7) is 6.24. The number of esters is 2. The first kappa shape index (κ1) is 30.8. The molecule has 5 aliphatic carbocycles. The van der Waals surface area contributed by atoms with Gasteiger partial charge in [0.25, 0.3) is 0 Å². The van der Waals surface area contributed by atoms with E-state index in [0.717, 1.165) is 50.5 Å². The smallest absolute Gasteiger partial charge is 0.314 e. The van der Waals surface area contributed by atoms with Gasteiger partial charge in [0.1, 0.15) is 24.4 Å². The number of hydrogen-bond donors (Lipinski definition) is 4. The number of ether oxygens (including phenoxy) is 4. The van der Waals surface area contributed by atoms with E-state index in [-0.39, 0.29) is 40.7 Å². The molecule has 15 atom stereocenters. The maximum absolute atomic E-state index is 12.7. The summed E-state index contributed by atoms with van der Waals surface area (Å²) < 4.78 is 22.7. The highest BCUT2D eigenvalue weighted by Crippen LogP contribution is 2.70. The van der Waals surface area contributed by atoms with Gasteiger partial charge in [0, 0.05) is 11.8 Å². The molecule has 0 aromatic heterocycles. The molecule has 0 aromatic carbocycles. The zero-order chi connectivity index (χ0) is 31.3. The second-order valence-electron chi connectivity index (χ2n) is 15.2. The maximum Gasteiger partial charge on any atom is 0.314 e. The fourth-order valence-corrected chi connectivity index (χ4v) is 10.9. The number of allylic oxidation sites excluding steroid dienone is 1. The molecule has 10 heteroatoms. The predicted octanol–water partition coefficient (Wildman–Crippen LogP) is 2.55. The zero-order valence-corrected chi connectivity index (χ0v) is 26.2. The predicted molar refractivity (Wildman–Crippen MR) is 155 cm³/mol. The molecule has 8 aliphatic rings. The minimum absolute atomic E-state index is 0.0700. The highest BCUT2D eigenvalue weighted by molar-refractivity contribution is 5.86. The molecule has 2 bridgehead atoms. The van der Waals surface area contributed by atoms with Crippen LogP contribution in [-0.2, 0) is 28.5 Å². The first-order valence-corrected chi connectivity index (χ1v) is 16.6. The van der Waals surface area contributed by atoms with Gasteiger partial charge in [-0.15, -0.1) is 0 Å². The fourth-order valence-electron chi connectivity index (χ4n) is 10.9. The Morgan fingerprint density at radius 3 is 2.48 bits per heavy atom. The lowest BCUT2D eigenvalue weighted by atomic mass is 9.44. The molecule has 0 aromatic rings. The highest BCUT2D eigenvalue weighted by atomic mass is 16.7. The van der Waals surface area contributed by atoms with E-state index >= 15 is 0 Å². The van der Waals surface area contributed by atoms with Crippen molar-refractivity contribution in [2.75, 3.05) is 7.11 Å². The van der Waals surface area contributed by atoms with E-state index in [1.165, 1.54) is 12.7 Å². The average Bonchev–Trinajstić information content (AvgIpc) is 3.29. The standard InChI is InChI=1S/C34H48O10/c1-16-26(35)27(36)28(37)31(42-16)43-18-7-10-32(2)17(13-18)5-6-24-23(32)8-11-33(3)22(9-12-34(24,33)40)21-14-19-20(29(38)41-4)15-25(21)44-30(19)39/h13-14,16,18-20,22-28,31,35-37,40H,5-12,15H2,1-4H3/t16-,18-,19-,20-,22+,23-,24+,25-,26-,27+,28+,31-,32-,33+,34-/m0/s1. The van der Waals surface area contributed by atoms with Crippen LogP contribution in [-0.4, -0.2) is 88.0 Å². The van der Waals surface area contributed by atoms with E-state index < -0.39 is 54.2 Å². The van der Waals surface area contributed by atoms with Crippen molar-refractivity contribution in [2.24, 2.45) is 40.4 Å². The zero-order valence-electron chi connectivity index (χ0n) is 26.2. The number of aliphatic hydroxyl groups is 4. The lowest BCUT2D eigenvalue weighted by molar-refractivity contribution is -0.301. The Morgan fingerprint density at radius 2 is 1.75 bits per heavy atom. The number of fused-ring (bicyclic) bond motifs is 7. The van der Waals surface area contributed by atoms with Gasteiger partial charge in [-0.05, 0) is 87.0 Å². The molecule has 44 heavy (non-hydrogen) atoms. The van der Waals surface area contributed by atoms with Crippen molar-refractivity contribution in [1.82, 2.24) is 0 Å². The largest absolute Gasteiger partial charge is 0.469 e. The monoisotopic (exact) mass is 616 g/mol. The van der Waals surface area contributed by atoms with E-state index in [1.807, 2.05) is 6.08 Å². The van der Waals surface area contributed by atoms with Crippen molar-refractivity contribution in [3.05, 3.63) is 23.3 Å². The van der Waals surface area contributed by atoms with E-state index in [9.17, 15) is 30.0 Å². The Bertz CT molecular complexity index is 1260. The summed E-state index contributed by atoms with van der Waals surface area (Å²) in [6, 6.07) is 0. The lowest BCUT2D eigenvalue weighted by Crippen LogP contribution is -2.61. The molecule has 3 aliphatic heterocycles. The second kappa shape index (κ2) is 10.6. The molecular weight excluding hydrogens is 568 g/mol. The number of hydrogen-bond acceptors (Lipinski definition) is 10. The summed E-state index contributed by atoms with van der Waals surface area (Å²) in [5.74, 6) is -1.27. The maximum atomic E-state index is 12.7. The van der Waals surface area contributed by atoms with Crippen LogP contribution >= 0.6 is 0 Å². The van der Waals surface area contributed by atoms with Gasteiger partial charge >= 0.3 is 11.9 Å². The van der Waals surface area contributed by atoms with E-state index in [0.29, 0.717) is 18.8 Å². The van der Waals surface area contributed by atoms with Crippen molar-refractivity contribution in [3.63, 3.8) is 0 Å². The quantitative estimate of drug-likeness (QED) is 0.274. The third kappa shape index (κ3) is 4.27. The summed E-state index contributed by atoms with van der Waals surface area (Å²) in [4.78, 5) is 25.0. The molecule has 4 N–H and O–H groups in total. The van der Waals surface area contributed by atoms with Crippen molar-refractivity contribution >= 4 is 11.9 Å². The molecule has 244 valence electrons. The summed E-state index contributed by atoms with van der Waals surface area (Å²) in [6.07, 6.45) is 5.23. The summed E-state index contributed by atoms with van der Waals surface area (Å²) >= 11 is 0. The summed E-state index contributed by atoms with van der Waals surface area (Å²) in [5, 5.41) is 43.5. The number of carbonyl (C=O) groups is 2. The van der Waals surface area contributed by atoms with Gasteiger partial charge in [-0.25, -0.2) is 0 Å². The second-order valence-corrected chi connectivity index (χ2v) is 15.2. The summed E-state index contributed by atoms with van der Waals surface area (Å²) in [7, 11) is 1.36. The molecule has 5 fully saturated rings. The topological polar surface area (TPSA) is 152 Å². The van der Waals surface area contributed by atoms with Crippen LogP contribution in [0.2, 0.25) is 0 Å². The first-order chi connectivity index (χ1) is 20.8. The van der Waals surface area contributed by atoms with Gasteiger partial charge in [-0.2, -0.15) is 0 Å². The Kier molecular flexibility index (Phi) is 7.43. The van der Waals surface area contributed by atoms with Crippen molar-refractivity contribution in [2.45, 2.75) is 127 Å². The number of carbonyl (C=O) groups excluding carboxylic acids is 2. The average molecular weight is 617 g/mol. The van der Waals surface area contributed by atoms with Gasteiger partial charge in [0.05, 0.1) is 36.8 Å². The van der Waals surface area contributed by atoms with E-state index in [4.69, 9.17) is 18.9 Å². The Balaban J connectivity index is 1.10. The van der Waals surface area contributed by atoms with Crippen molar-refractivity contribution in [1.29, 1.82) is 0 Å². The number of rotatable bonds is 4. The van der Waals surface area contributed by atoms with E-state index in [2.05, 4.69) is 19.9 Å². The normalized spacial score (nSPS) is 53.0. The van der Waals surface area contributed by atoms with Crippen LogP contribution in [0.5, 0.6) is 0 Å². The van der Waals surface area contributed by atoms with Crippen LogP contribution in [0.1, 0.15) is 78.6 Å². The van der Waals surface area contributed by atoms with Gasteiger partial charge < -0.3 is 39.4 Å². The molecule has 10 nitrogen and oxygen atoms in total. The molecule has 3 saturated carbocycles. The van der Waals surface area contributed by atoms with Crippen molar-refractivity contribution in [3.8, 4) is 0 Å². The minimum Gasteiger partial charge on any atom is -0.469 e. The van der Waals surface area contributed by atoms with Crippen molar-refractivity contribution < 1.29 is 49.0 Å². The Hall–Kier alpha value is -1.82. The molecule has 0 amide bonds. The van der Waals surface area contributed by atoms with Crippen LogP contribution in [0, 0.1) is 40.4 Å². The first-order valence-electron chi connectivity index (χ1n) is 16.6. The minimum atomic E-state index is -1.33. The van der Waals surface area contributed by atoms with E-state index in [1.54, 1.807) is 6.92 Å². The third-order valence-corrected chi connectivity index (χ3v) is 13.5. The van der Waals surface area contributed by atoms with Crippen LogP contribution < -0.4 is 0 Å². The van der Waals surface area contributed by atoms with Gasteiger partial charge in [-0.3, -0.25) is 9.59 Å². The van der Waals surface area contributed by atoms with Gasteiger partial charge in [0.15, 0.2) is 6.29 Å². The number of methoxy groups -OCH3 is 1. The number of aliphatic hydroxyl groups excluding tert-OH is 3. The van der Waals surface area contributed by atoms with Crippen LogP contribution in [0.15, 0.2) is 23.3 Å². The molecule has 0 spiro atoms. The fraction of sp³-hybridized carbons (Fsp3) is 0.824. The molecule has 8 rings (SSSR count). The Morgan fingerprint density at radius 1 is 0.977 bits per heavy atom. The molecule has 3 heterocycles. The van der Waals surface area contributed by atoms with Crippen LogP contribution in [0.25, 0.3) is 0 Å². The highest BCUT2D eigenvalue weighted by Gasteiger charge is 2.68.